The fraction of sp³-hybridized carbons (Fsp3) is 0.250. The van der Waals surface area contributed by atoms with E-state index in [0.29, 0.717) is 19.2 Å². The number of nitrogens with two attached hydrogens (primary N) is 1. The zero-order valence-electron chi connectivity index (χ0n) is 15.3. The van der Waals surface area contributed by atoms with Gasteiger partial charge in [0.25, 0.3) is 0 Å². The summed E-state index contributed by atoms with van der Waals surface area (Å²) in [5, 5.41) is 9.50. The maximum absolute atomic E-state index is 14.8. The molecule has 1 saturated heterocycles. The Bertz CT molecular complexity index is 1280. The van der Waals surface area contributed by atoms with Gasteiger partial charge in [-0.15, -0.1) is 0 Å². The van der Waals surface area contributed by atoms with Gasteiger partial charge in [0, 0.05) is 25.2 Å². The standard InChI is InChI=1S/C20H15F3N4O3/c21-8-1-2-14(13(23)4-8)27-18-10(3-9(22)5-25-18)17(28)15(20(29)30)19(27)26-6-11-12(7-26)16(11)24/h1-5,11-12,16H,6-7,24H2,(H,29,30). The van der Waals surface area contributed by atoms with Crippen LogP contribution in [0, 0.1) is 29.3 Å². The number of fused-ring (bicyclic) bond motifs is 2. The van der Waals surface area contributed by atoms with Gasteiger partial charge in [-0.1, -0.05) is 0 Å². The molecule has 3 aromatic rings. The number of pyridine rings is 2. The SMILES string of the molecule is NC1C2CN(c3c(C(=O)O)c(=O)c4cc(F)cnc4n3-c3ccc(F)cc3F)CC12. The Morgan fingerprint density at radius 2 is 1.83 bits per heavy atom. The molecule has 30 heavy (non-hydrogen) atoms. The number of piperidine rings is 1. The van der Waals surface area contributed by atoms with E-state index in [1.165, 1.54) is 0 Å². The highest BCUT2D eigenvalue weighted by Gasteiger charge is 2.54. The van der Waals surface area contributed by atoms with Gasteiger partial charge < -0.3 is 15.7 Å². The summed E-state index contributed by atoms with van der Waals surface area (Å²) in [6, 6.07) is 3.62. The third-order valence-corrected chi connectivity index (χ3v) is 5.88. The normalized spacial score (nSPS) is 22.4. The summed E-state index contributed by atoms with van der Waals surface area (Å²) in [4.78, 5) is 30.6. The zero-order valence-corrected chi connectivity index (χ0v) is 15.3. The first-order valence-corrected chi connectivity index (χ1v) is 9.21. The molecule has 1 aromatic carbocycles. The number of halogens is 3. The minimum atomic E-state index is -1.54. The van der Waals surface area contributed by atoms with Gasteiger partial charge >= 0.3 is 5.97 Å². The van der Waals surface area contributed by atoms with Gasteiger partial charge in [0.2, 0.25) is 5.43 Å². The molecule has 1 aliphatic heterocycles. The van der Waals surface area contributed by atoms with Crippen LogP contribution in [0.4, 0.5) is 19.0 Å². The number of aromatic carboxylic acids is 1. The number of aromatic nitrogens is 2. The van der Waals surface area contributed by atoms with Gasteiger partial charge in [0.05, 0.1) is 17.3 Å². The summed E-state index contributed by atoms with van der Waals surface area (Å²) >= 11 is 0. The topological polar surface area (TPSA) is 101 Å². The monoisotopic (exact) mass is 416 g/mol. The average Bonchev–Trinajstić information content (AvgIpc) is 3.09. The van der Waals surface area contributed by atoms with E-state index < -0.39 is 34.4 Å². The van der Waals surface area contributed by atoms with Crippen molar-refractivity contribution in [2.24, 2.45) is 17.6 Å². The number of hydrogen-bond donors (Lipinski definition) is 2. The van der Waals surface area contributed by atoms with Crippen LogP contribution in [0.25, 0.3) is 16.7 Å². The predicted molar refractivity (Wildman–Crippen MR) is 101 cm³/mol. The van der Waals surface area contributed by atoms with Crippen molar-refractivity contribution in [2.75, 3.05) is 18.0 Å². The third-order valence-electron chi connectivity index (χ3n) is 5.88. The van der Waals surface area contributed by atoms with Crippen LogP contribution in [0.1, 0.15) is 10.4 Å². The van der Waals surface area contributed by atoms with E-state index in [9.17, 15) is 27.9 Å². The fourth-order valence-electron chi connectivity index (χ4n) is 4.35. The van der Waals surface area contributed by atoms with E-state index in [4.69, 9.17) is 5.73 Å². The molecule has 1 saturated carbocycles. The van der Waals surface area contributed by atoms with Crippen molar-refractivity contribution in [1.29, 1.82) is 0 Å². The van der Waals surface area contributed by atoms with Crippen molar-refractivity contribution in [2.45, 2.75) is 6.04 Å². The Hall–Kier alpha value is -3.40. The lowest BCUT2D eigenvalue weighted by atomic mass is 10.1. The number of anilines is 1. The summed E-state index contributed by atoms with van der Waals surface area (Å²) in [6.45, 7) is 0.752. The lowest BCUT2D eigenvalue weighted by Crippen LogP contribution is -2.35. The second kappa shape index (κ2) is 6.30. The number of rotatable bonds is 3. The van der Waals surface area contributed by atoms with Crippen LogP contribution in [0.15, 0.2) is 35.3 Å². The Kier molecular flexibility index (Phi) is 3.91. The lowest BCUT2D eigenvalue weighted by Gasteiger charge is -2.28. The predicted octanol–water partition coefficient (Wildman–Crippen LogP) is 1.89. The lowest BCUT2D eigenvalue weighted by molar-refractivity contribution is 0.0695. The highest BCUT2D eigenvalue weighted by Crippen LogP contribution is 2.46. The molecule has 2 aromatic heterocycles. The first kappa shape index (κ1) is 18.6. The van der Waals surface area contributed by atoms with Gasteiger partial charge in [0.1, 0.15) is 34.5 Å². The van der Waals surface area contributed by atoms with Gasteiger partial charge in [-0.2, -0.15) is 0 Å². The van der Waals surface area contributed by atoms with Crippen molar-refractivity contribution in [3.63, 3.8) is 0 Å². The molecule has 0 bridgehead atoms. The first-order valence-electron chi connectivity index (χ1n) is 9.21. The van der Waals surface area contributed by atoms with Crippen LogP contribution < -0.4 is 16.1 Å². The van der Waals surface area contributed by atoms with Gasteiger partial charge in [-0.3, -0.25) is 9.36 Å². The number of carboxylic acid groups (broad SMARTS) is 1. The third kappa shape index (κ3) is 2.60. The smallest absolute Gasteiger partial charge is 0.343 e. The summed E-state index contributed by atoms with van der Waals surface area (Å²) in [6.07, 6.45) is 0.849. The maximum Gasteiger partial charge on any atom is 0.343 e. The van der Waals surface area contributed by atoms with Gasteiger partial charge in [-0.05, 0) is 30.0 Å². The Morgan fingerprint density at radius 3 is 2.47 bits per heavy atom. The molecule has 2 fully saturated rings. The quantitative estimate of drug-likeness (QED) is 0.676. The summed E-state index contributed by atoms with van der Waals surface area (Å²) in [7, 11) is 0. The Morgan fingerprint density at radius 1 is 1.13 bits per heavy atom. The molecule has 3 heterocycles. The molecule has 0 spiro atoms. The fourth-order valence-corrected chi connectivity index (χ4v) is 4.35. The van der Waals surface area contributed by atoms with E-state index >= 15 is 0 Å². The van der Waals surface area contributed by atoms with Crippen LogP contribution >= 0.6 is 0 Å². The van der Waals surface area contributed by atoms with E-state index in [1.807, 2.05) is 0 Å². The Labute approximate surface area is 167 Å². The van der Waals surface area contributed by atoms with Crippen molar-refractivity contribution in [1.82, 2.24) is 9.55 Å². The molecule has 3 N–H and O–H groups in total. The highest BCUT2D eigenvalue weighted by molar-refractivity contribution is 5.98. The molecular weight excluding hydrogens is 401 g/mol. The molecule has 2 unspecified atom stereocenters. The first-order chi connectivity index (χ1) is 14.3. The molecule has 0 radical (unpaired) electrons. The number of carboxylic acids is 1. The Balaban J connectivity index is 1.89. The van der Waals surface area contributed by atoms with Crippen LogP contribution in [-0.4, -0.2) is 39.8 Å². The van der Waals surface area contributed by atoms with E-state index in [-0.39, 0.29) is 40.4 Å². The molecule has 7 nitrogen and oxygen atoms in total. The summed E-state index contributed by atoms with van der Waals surface area (Å²) in [5.74, 6) is -4.01. The minimum absolute atomic E-state index is 0.00932. The van der Waals surface area contributed by atoms with Gasteiger partial charge in [0.15, 0.2) is 0 Å². The van der Waals surface area contributed by atoms with Crippen molar-refractivity contribution >= 4 is 22.8 Å². The van der Waals surface area contributed by atoms with E-state index in [0.717, 1.165) is 29.0 Å². The summed E-state index contributed by atoms with van der Waals surface area (Å²) < 4.78 is 43.2. The van der Waals surface area contributed by atoms with Crippen LogP contribution in [0.2, 0.25) is 0 Å². The minimum Gasteiger partial charge on any atom is -0.477 e. The van der Waals surface area contributed by atoms with Crippen LogP contribution in [0.5, 0.6) is 0 Å². The molecule has 0 amide bonds. The number of nitrogens with zero attached hydrogens (tertiary/aromatic N) is 3. The van der Waals surface area contributed by atoms with Crippen molar-refractivity contribution < 1.29 is 23.1 Å². The van der Waals surface area contributed by atoms with Crippen molar-refractivity contribution in [3.8, 4) is 5.69 Å². The van der Waals surface area contributed by atoms with Crippen LogP contribution in [0.3, 0.4) is 0 Å². The second-order valence-electron chi connectivity index (χ2n) is 7.60. The molecule has 1 aliphatic carbocycles. The molecule has 10 heteroatoms. The molecular formula is C20H15F3N4O3. The molecule has 5 rings (SSSR count). The average molecular weight is 416 g/mol. The van der Waals surface area contributed by atoms with Gasteiger partial charge in [-0.25, -0.2) is 22.9 Å². The highest BCUT2D eigenvalue weighted by atomic mass is 19.1. The largest absolute Gasteiger partial charge is 0.477 e. The van der Waals surface area contributed by atoms with Crippen molar-refractivity contribution in [3.05, 3.63) is 63.7 Å². The zero-order chi connectivity index (χ0) is 21.3. The van der Waals surface area contributed by atoms with E-state index in [2.05, 4.69) is 4.98 Å². The summed E-state index contributed by atoms with van der Waals surface area (Å²) in [5.41, 5.74) is 4.08. The molecule has 2 atom stereocenters. The molecule has 2 aliphatic rings. The second-order valence-corrected chi connectivity index (χ2v) is 7.60. The number of hydrogen-bond acceptors (Lipinski definition) is 5. The van der Waals surface area contributed by atoms with E-state index in [1.54, 1.807) is 4.90 Å². The number of carbonyl (C=O) groups is 1. The molecule has 154 valence electrons. The number of benzene rings is 1. The maximum atomic E-state index is 14.8. The van der Waals surface area contributed by atoms with Crippen LogP contribution in [-0.2, 0) is 0 Å².